The molecule has 0 saturated heterocycles. The zero-order valence-corrected chi connectivity index (χ0v) is 13.5. The zero-order valence-electron chi connectivity index (χ0n) is 13.5. The maximum Gasteiger partial charge on any atom is 0.134 e. The van der Waals surface area contributed by atoms with Crippen LogP contribution in [0, 0.1) is 18.8 Å². The summed E-state index contributed by atoms with van der Waals surface area (Å²) < 4.78 is 6.32. The van der Waals surface area contributed by atoms with Crippen LogP contribution in [0.4, 0.5) is 0 Å². The van der Waals surface area contributed by atoms with Crippen LogP contribution < -0.4 is 5.73 Å². The molecule has 0 radical (unpaired) electrons. The standard InChI is InChI=1S/C20H25NO/c1-12-3-8-19-17(9-12)18-11-13(2)10-16(20(18)22-19)14-4-6-15(21)7-5-14/h3-4,6,8-9,13-16H,5,7,10-11,21H2,1-2H3. The molecule has 0 spiro atoms. The van der Waals surface area contributed by atoms with Gasteiger partial charge in [-0.3, -0.25) is 0 Å². The minimum Gasteiger partial charge on any atom is -0.460 e. The molecule has 2 heteroatoms. The monoisotopic (exact) mass is 295 g/mol. The highest BCUT2D eigenvalue weighted by molar-refractivity contribution is 5.83. The number of furan rings is 1. The maximum absolute atomic E-state index is 6.32. The summed E-state index contributed by atoms with van der Waals surface area (Å²) in [6.45, 7) is 4.54. The van der Waals surface area contributed by atoms with Gasteiger partial charge in [-0.25, -0.2) is 0 Å². The Morgan fingerprint density at radius 3 is 2.82 bits per heavy atom. The number of benzene rings is 1. The lowest BCUT2D eigenvalue weighted by atomic mass is 9.72. The fraction of sp³-hybridized carbons (Fsp3) is 0.500. The van der Waals surface area contributed by atoms with Gasteiger partial charge in [0.25, 0.3) is 0 Å². The Morgan fingerprint density at radius 1 is 1.18 bits per heavy atom. The predicted molar refractivity (Wildman–Crippen MR) is 91.0 cm³/mol. The molecule has 0 fully saturated rings. The minimum absolute atomic E-state index is 0.245. The summed E-state index contributed by atoms with van der Waals surface area (Å²) in [5.74, 6) is 3.09. The van der Waals surface area contributed by atoms with E-state index in [2.05, 4.69) is 44.2 Å². The quantitative estimate of drug-likeness (QED) is 0.774. The molecule has 0 bridgehead atoms. The summed E-state index contributed by atoms with van der Waals surface area (Å²) in [4.78, 5) is 0. The first-order valence-corrected chi connectivity index (χ1v) is 8.57. The third-order valence-corrected chi connectivity index (χ3v) is 5.48. The van der Waals surface area contributed by atoms with Gasteiger partial charge in [0.15, 0.2) is 0 Å². The summed E-state index contributed by atoms with van der Waals surface area (Å²) in [5, 5.41) is 1.34. The van der Waals surface area contributed by atoms with Crippen molar-refractivity contribution in [1.82, 2.24) is 0 Å². The van der Waals surface area contributed by atoms with Crippen LogP contribution in [0.5, 0.6) is 0 Å². The van der Waals surface area contributed by atoms with E-state index < -0.39 is 0 Å². The number of fused-ring (bicyclic) bond motifs is 3. The molecule has 4 rings (SSSR count). The molecule has 0 amide bonds. The molecule has 2 aliphatic rings. The van der Waals surface area contributed by atoms with Gasteiger partial charge < -0.3 is 10.2 Å². The molecule has 0 saturated carbocycles. The van der Waals surface area contributed by atoms with E-state index in [1.54, 1.807) is 0 Å². The van der Waals surface area contributed by atoms with E-state index in [9.17, 15) is 0 Å². The molecular formula is C20H25NO. The second kappa shape index (κ2) is 5.27. The highest BCUT2D eigenvalue weighted by Crippen LogP contribution is 2.46. The second-order valence-electron chi connectivity index (χ2n) is 7.39. The summed E-state index contributed by atoms with van der Waals surface area (Å²) >= 11 is 0. The second-order valence-corrected chi connectivity index (χ2v) is 7.39. The van der Waals surface area contributed by atoms with Crippen molar-refractivity contribution in [3.63, 3.8) is 0 Å². The molecule has 1 heterocycles. The van der Waals surface area contributed by atoms with Crippen molar-refractivity contribution in [2.75, 3.05) is 0 Å². The Morgan fingerprint density at radius 2 is 2.05 bits per heavy atom. The van der Waals surface area contributed by atoms with Gasteiger partial charge >= 0.3 is 0 Å². The van der Waals surface area contributed by atoms with Crippen molar-refractivity contribution in [2.24, 2.45) is 17.6 Å². The Labute approximate surface area is 132 Å². The van der Waals surface area contributed by atoms with Crippen molar-refractivity contribution < 1.29 is 4.42 Å². The summed E-state index contributed by atoms with van der Waals surface area (Å²) in [5.41, 5.74) is 9.86. The lowest BCUT2D eigenvalue weighted by Crippen LogP contribution is -2.27. The Balaban J connectivity index is 1.80. The fourth-order valence-electron chi connectivity index (χ4n) is 4.33. The van der Waals surface area contributed by atoms with Crippen LogP contribution in [-0.4, -0.2) is 6.04 Å². The molecular weight excluding hydrogens is 270 g/mol. The normalized spacial score (nSPS) is 31.4. The number of allylic oxidation sites excluding steroid dienone is 1. The number of hydrogen-bond donors (Lipinski definition) is 1. The average molecular weight is 295 g/mol. The molecule has 4 unspecified atom stereocenters. The van der Waals surface area contributed by atoms with Gasteiger partial charge in [-0.1, -0.05) is 30.7 Å². The molecule has 0 aliphatic heterocycles. The molecule has 2 N–H and O–H groups in total. The summed E-state index contributed by atoms with van der Waals surface area (Å²) in [6, 6.07) is 6.82. The topological polar surface area (TPSA) is 39.2 Å². The van der Waals surface area contributed by atoms with Crippen LogP contribution >= 0.6 is 0 Å². The molecule has 1 aromatic heterocycles. The van der Waals surface area contributed by atoms with Crippen LogP contribution in [-0.2, 0) is 6.42 Å². The third kappa shape index (κ3) is 2.30. The minimum atomic E-state index is 0.245. The third-order valence-electron chi connectivity index (χ3n) is 5.48. The van der Waals surface area contributed by atoms with Gasteiger partial charge in [0.05, 0.1) is 0 Å². The number of hydrogen-bond acceptors (Lipinski definition) is 2. The predicted octanol–water partition coefficient (Wildman–Crippen LogP) is 4.70. The Kier molecular flexibility index (Phi) is 3.37. The van der Waals surface area contributed by atoms with E-state index >= 15 is 0 Å². The van der Waals surface area contributed by atoms with Crippen molar-refractivity contribution in [3.05, 3.63) is 47.2 Å². The molecule has 2 aliphatic carbocycles. The number of aryl methyl sites for hydroxylation is 1. The van der Waals surface area contributed by atoms with Gasteiger partial charge in [0, 0.05) is 22.9 Å². The smallest absolute Gasteiger partial charge is 0.134 e. The number of rotatable bonds is 1. The largest absolute Gasteiger partial charge is 0.460 e. The van der Waals surface area contributed by atoms with Crippen molar-refractivity contribution >= 4 is 11.0 Å². The molecule has 2 nitrogen and oxygen atoms in total. The van der Waals surface area contributed by atoms with E-state index in [1.165, 1.54) is 35.1 Å². The van der Waals surface area contributed by atoms with Gasteiger partial charge in [0.2, 0.25) is 0 Å². The van der Waals surface area contributed by atoms with Crippen LogP contribution in [0.25, 0.3) is 11.0 Å². The average Bonchev–Trinajstić information content (AvgIpc) is 2.85. The first-order chi connectivity index (χ1) is 10.6. The molecule has 116 valence electrons. The lowest BCUT2D eigenvalue weighted by molar-refractivity contribution is 0.300. The van der Waals surface area contributed by atoms with E-state index in [0.29, 0.717) is 11.8 Å². The van der Waals surface area contributed by atoms with Crippen molar-refractivity contribution in [1.29, 1.82) is 0 Å². The van der Waals surface area contributed by atoms with E-state index in [4.69, 9.17) is 10.2 Å². The first kappa shape index (κ1) is 14.1. The van der Waals surface area contributed by atoms with Crippen LogP contribution in [0.2, 0.25) is 0 Å². The van der Waals surface area contributed by atoms with Crippen LogP contribution in [0.3, 0.4) is 0 Å². The Bertz CT molecular complexity index is 727. The lowest BCUT2D eigenvalue weighted by Gasteiger charge is -2.33. The SMILES string of the molecule is Cc1ccc2oc3c(c2c1)CC(C)CC3C1C=CC(N)CC1. The zero-order chi connectivity index (χ0) is 15.3. The van der Waals surface area contributed by atoms with Gasteiger partial charge in [-0.2, -0.15) is 0 Å². The van der Waals surface area contributed by atoms with Gasteiger partial charge in [-0.15, -0.1) is 0 Å². The van der Waals surface area contributed by atoms with Gasteiger partial charge in [-0.05, 0) is 56.6 Å². The summed E-state index contributed by atoms with van der Waals surface area (Å²) in [6.07, 6.45) is 9.21. The molecule has 2 aromatic rings. The van der Waals surface area contributed by atoms with E-state index in [0.717, 1.165) is 24.3 Å². The Hall–Kier alpha value is -1.54. The molecule has 22 heavy (non-hydrogen) atoms. The highest BCUT2D eigenvalue weighted by Gasteiger charge is 2.35. The van der Waals surface area contributed by atoms with Gasteiger partial charge in [0.1, 0.15) is 11.3 Å². The molecule has 1 aromatic carbocycles. The fourth-order valence-corrected chi connectivity index (χ4v) is 4.33. The molecule has 4 atom stereocenters. The van der Waals surface area contributed by atoms with E-state index in [1.807, 2.05) is 0 Å². The summed E-state index contributed by atoms with van der Waals surface area (Å²) in [7, 11) is 0. The highest BCUT2D eigenvalue weighted by atomic mass is 16.3. The first-order valence-electron chi connectivity index (χ1n) is 8.57. The maximum atomic E-state index is 6.32. The van der Waals surface area contributed by atoms with Crippen LogP contribution in [0.15, 0.2) is 34.8 Å². The van der Waals surface area contributed by atoms with E-state index in [-0.39, 0.29) is 6.04 Å². The van der Waals surface area contributed by atoms with Crippen LogP contribution in [0.1, 0.15) is 49.0 Å². The van der Waals surface area contributed by atoms with Crippen molar-refractivity contribution in [2.45, 2.75) is 51.5 Å². The number of nitrogens with two attached hydrogens (primary N) is 1. The van der Waals surface area contributed by atoms with Crippen molar-refractivity contribution in [3.8, 4) is 0 Å².